The molecule has 1 aliphatic rings. The van der Waals surface area contributed by atoms with Gasteiger partial charge in [0.25, 0.3) is 0 Å². The summed E-state index contributed by atoms with van der Waals surface area (Å²) >= 11 is 0. The number of fused-ring (bicyclic) bond motifs is 1. The number of rotatable bonds is 2. The van der Waals surface area contributed by atoms with Crippen LogP contribution in [-0.4, -0.2) is 16.3 Å². The highest BCUT2D eigenvalue weighted by molar-refractivity contribution is 5.43. The number of hydrogen-bond acceptors (Lipinski definition) is 2. The fourth-order valence-corrected chi connectivity index (χ4v) is 2.49. The highest BCUT2D eigenvalue weighted by Crippen LogP contribution is 2.41. The van der Waals surface area contributed by atoms with Crippen molar-refractivity contribution in [1.29, 1.82) is 0 Å². The van der Waals surface area contributed by atoms with Crippen LogP contribution in [0.4, 0.5) is 0 Å². The minimum atomic E-state index is -1.26. The summed E-state index contributed by atoms with van der Waals surface area (Å²) in [5.41, 5.74) is 1.40. The van der Waals surface area contributed by atoms with E-state index in [1.165, 1.54) is 0 Å². The van der Waals surface area contributed by atoms with Crippen LogP contribution in [-0.2, 0) is 12.0 Å². The molecule has 1 aliphatic carbocycles. The number of benzene rings is 1. The first-order valence-electron chi connectivity index (χ1n) is 5.77. The summed E-state index contributed by atoms with van der Waals surface area (Å²) in [5, 5.41) is 20.8. The second kappa shape index (κ2) is 4.04. The molecule has 0 aliphatic heterocycles. The van der Waals surface area contributed by atoms with Crippen molar-refractivity contribution in [3.05, 3.63) is 47.5 Å². The van der Waals surface area contributed by atoms with Crippen LogP contribution in [0.5, 0.6) is 0 Å². The van der Waals surface area contributed by atoms with E-state index in [9.17, 15) is 10.2 Å². The maximum absolute atomic E-state index is 10.7. The number of aliphatic hydroxyl groups excluding tert-OH is 1. The van der Waals surface area contributed by atoms with Gasteiger partial charge in [-0.05, 0) is 36.0 Å². The van der Waals surface area contributed by atoms with Gasteiger partial charge >= 0.3 is 0 Å². The van der Waals surface area contributed by atoms with E-state index < -0.39 is 11.7 Å². The van der Waals surface area contributed by atoms with Crippen molar-refractivity contribution in [1.82, 2.24) is 0 Å². The van der Waals surface area contributed by atoms with Gasteiger partial charge in [0.05, 0.1) is 6.10 Å². The zero-order valence-corrected chi connectivity index (χ0v) is 9.61. The summed E-state index contributed by atoms with van der Waals surface area (Å²) in [4.78, 5) is 0. The van der Waals surface area contributed by atoms with E-state index in [-0.39, 0.29) is 0 Å². The smallest absolute Gasteiger partial charge is 0.136 e. The van der Waals surface area contributed by atoms with Crippen LogP contribution in [0.15, 0.2) is 36.4 Å². The van der Waals surface area contributed by atoms with Crippen LogP contribution in [0.2, 0.25) is 0 Å². The summed E-state index contributed by atoms with van der Waals surface area (Å²) in [5.74, 6) is 0. The van der Waals surface area contributed by atoms with Crippen molar-refractivity contribution in [2.24, 2.45) is 0 Å². The topological polar surface area (TPSA) is 40.5 Å². The summed E-state index contributed by atoms with van der Waals surface area (Å²) in [6.45, 7) is 5.79. The van der Waals surface area contributed by atoms with Gasteiger partial charge in [0.2, 0.25) is 0 Å². The Kier molecular flexibility index (Phi) is 2.87. The molecule has 2 nitrogen and oxygen atoms in total. The SMILES string of the molecule is C=C1CCc2ccccc2[C@]1(O)[C@H](O)CC. The zero-order chi connectivity index (χ0) is 11.8. The highest BCUT2D eigenvalue weighted by Gasteiger charge is 2.42. The molecule has 0 saturated carbocycles. The lowest BCUT2D eigenvalue weighted by atomic mass is 9.72. The van der Waals surface area contributed by atoms with Crippen LogP contribution in [0.1, 0.15) is 30.9 Å². The molecule has 2 heteroatoms. The van der Waals surface area contributed by atoms with Crippen molar-refractivity contribution in [3.8, 4) is 0 Å². The van der Waals surface area contributed by atoms with Gasteiger partial charge in [0, 0.05) is 0 Å². The monoisotopic (exact) mass is 218 g/mol. The Balaban J connectivity index is 2.56. The summed E-state index contributed by atoms with van der Waals surface area (Å²) in [6.07, 6.45) is 1.38. The lowest BCUT2D eigenvalue weighted by Gasteiger charge is -2.39. The van der Waals surface area contributed by atoms with E-state index in [1.54, 1.807) is 0 Å². The molecule has 86 valence electrons. The molecule has 0 saturated heterocycles. The van der Waals surface area contributed by atoms with Crippen molar-refractivity contribution >= 4 is 0 Å². The Hall–Kier alpha value is -1.12. The molecule has 0 aromatic heterocycles. The van der Waals surface area contributed by atoms with Gasteiger partial charge in [0.15, 0.2) is 0 Å². The molecule has 0 fully saturated rings. The molecule has 1 aromatic carbocycles. The number of aliphatic hydroxyl groups is 2. The summed E-state index contributed by atoms with van der Waals surface area (Å²) < 4.78 is 0. The van der Waals surface area contributed by atoms with E-state index in [2.05, 4.69) is 6.58 Å². The standard InChI is InChI=1S/C14H18O2/c1-3-13(15)14(16)10(2)8-9-11-6-4-5-7-12(11)14/h4-7,13,15-16H,2-3,8-9H2,1H3/t13-,14+/m1/s1. The fraction of sp³-hybridized carbons (Fsp3) is 0.429. The fourth-order valence-electron chi connectivity index (χ4n) is 2.49. The van der Waals surface area contributed by atoms with E-state index in [4.69, 9.17) is 0 Å². The van der Waals surface area contributed by atoms with Crippen molar-refractivity contribution in [2.75, 3.05) is 0 Å². The molecule has 0 radical (unpaired) electrons. The minimum absolute atomic E-state index is 0.518. The third kappa shape index (κ3) is 1.49. The predicted molar refractivity (Wildman–Crippen MR) is 64.1 cm³/mol. The van der Waals surface area contributed by atoms with Crippen LogP contribution in [0.25, 0.3) is 0 Å². The maximum atomic E-state index is 10.7. The quantitative estimate of drug-likeness (QED) is 0.747. The largest absolute Gasteiger partial charge is 0.389 e. The van der Waals surface area contributed by atoms with Crippen molar-refractivity contribution < 1.29 is 10.2 Å². The van der Waals surface area contributed by atoms with Gasteiger partial charge in [-0.15, -0.1) is 0 Å². The molecule has 2 rings (SSSR count). The first-order chi connectivity index (χ1) is 7.60. The molecule has 2 atom stereocenters. The highest BCUT2D eigenvalue weighted by atomic mass is 16.3. The van der Waals surface area contributed by atoms with E-state index in [0.29, 0.717) is 6.42 Å². The maximum Gasteiger partial charge on any atom is 0.136 e. The molecule has 1 aromatic rings. The average molecular weight is 218 g/mol. The molecular weight excluding hydrogens is 200 g/mol. The number of aryl methyl sites for hydroxylation is 1. The van der Waals surface area contributed by atoms with Crippen LogP contribution < -0.4 is 0 Å². The Bertz CT molecular complexity index is 411. The van der Waals surface area contributed by atoms with Crippen molar-refractivity contribution in [2.45, 2.75) is 37.9 Å². The summed E-state index contributed by atoms with van der Waals surface area (Å²) in [6, 6.07) is 7.75. The van der Waals surface area contributed by atoms with Crippen molar-refractivity contribution in [3.63, 3.8) is 0 Å². The lowest BCUT2D eigenvalue weighted by Crippen LogP contribution is -2.43. The Morgan fingerprint density at radius 1 is 1.38 bits per heavy atom. The normalized spacial score (nSPS) is 26.3. The summed E-state index contributed by atoms with van der Waals surface area (Å²) in [7, 11) is 0. The zero-order valence-electron chi connectivity index (χ0n) is 9.61. The van der Waals surface area contributed by atoms with Crippen LogP contribution in [0, 0.1) is 0 Å². The van der Waals surface area contributed by atoms with Gasteiger partial charge in [-0.3, -0.25) is 0 Å². The van der Waals surface area contributed by atoms with Gasteiger partial charge in [0.1, 0.15) is 5.60 Å². The average Bonchev–Trinajstić information content (AvgIpc) is 2.33. The Labute approximate surface area is 96.2 Å². The van der Waals surface area contributed by atoms with E-state index >= 15 is 0 Å². The Morgan fingerprint density at radius 3 is 2.75 bits per heavy atom. The van der Waals surface area contributed by atoms with Gasteiger partial charge in [-0.25, -0.2) is 0 Å². The van der Waals surface area contributed by atoms with Crippen LogP contribution >= 0.6 is 0 Å². The molecule has 0 amide bonds. The second-order valence-corrected chi connectivity index (χ2v) is 4.45. The molecule has 0 bridgehead atoms. The van der Waals surface area contributed by atoms with Crippen LogP contribution in [0.3, 0.4) is 0 Å². The van der Waals surface area contributed by atoms with E-state index in [1.807, 2.05) is 31.2 Å². The second-order valence-electron chi connectivity index (χ2n) is 4.45. The molecule has 16 heavy (non-hydrogen) atoms. The van der Waals surface area contributed by atoms with Gasteiger partial charge in [-0.2, -0.15) is 0 Å². The molecular formula is C14H18O2. The first kappa shape index (κ1) is 11.4. The first-order valence-corrected chi connectivity index (χ1v) is 5.77. The number of hydrogen-bond donors (Lipinski definition) is 2. The third-order valence-electron chi connectivity index (χ3n) is 3.53. The van der Waals surface area contributed by atoms with Gasteiger partial charge < -0.3 is 10.2 Å². The lowest BCUT2D eigenvalue weighted by molar-refractivity contribution is -0.0587. The van der Waals surface area contributed by atoms with Gasteiger partial charge in [-0.1, -0.05) is 37.8 Å². The van der Waals surface area contributed by atoms with E-state index in [0.717, 1.165) is 29.5 Å². The molecule has 0 spiro atoms. The molecule has 0 unspecified atom stereocenters. The predicted octanol–water partition coefficient (Wildman–Crippen LogP) is 2.15. The third-order valence-corrected chi connectivity index (χ3v) is 3.53. The molecule has 0 heterocycles. The minimum Gasteiger partial charge on any atom is -0.389 e. The Morgan fingerprint density at radius 2 is 2.06 bits per heavy atom. The molecule has 2 N–H and O–H groups in total.